The fraction of sp³-hybridized carbons (Fsp3) is 0.769. The fourth-order valence-electron chi connectivity index (χ4n) is 2.23. The van der Waals surface area contributed by atoms with Crippen LogP contribution in [0.2, 0.25) is 0 Å². The van der Waals surface area contributed by atoms with Crippen LogP contribution in [0.3, 0.4) is 0 Å². The molecule has 1 heterocycles. The molecule has 1 aliphatic rings. The number of amides is 2. The van der Waals surface area contributed by atoms with Crippen LogP contribution in [0.1, 0.15) is 26.7 Å². The Morgan fingerprint density at radius 1 is 1.35 bits per heavy atom. The van der Waals surface area contributed by atoms with Gasteiger partial charge in [0.25, 0.3) is 0 Å². The van der Waals surface area contributed by atoms with Gasteiger partial charge in [-0.3, -0.25) is 9.59 Å². The Balaban J connectivity index is 2.60. The van der Waals surface area contributed by atoms with Crippen LogP contribution in [-0.4, -0.2) is 58.6 Å². The Kier molecular flexibility index (Phi) is 5.94. The van der Waals surface area contributed by atoms with Crippen molar-refractivity contribution in [2.75, 3.05) is 19.7 Å². The van der Waals surface area contributed by atoms with Gasteiger partial charge in [0.15, 0.2) is 0 Å². The molecule has 0 aromatic rings. The maximum Gasteiger partial charge on any atom is 0.328 e. The third-order valence-electron chi connectivity index (χ3n) is 3.39. The van der Waals surface area contributed by atoms with Gasteiger partial charge in [-0.05, 0) is 12.8 Å². The summed E-state index contributed by atoms with van der Waals surface area (Å²) < 4.78 is 0. The Labute approximate surface area is 117 Å². The van der Waals surface area contributed by atoms with E-state index in [4.69, 9.17) is 10.2 Å². The third-order valence-corrected chi connectivity index (χ3v) is 3.39. The molecule has 2 atom stereocenters. The lowest BCUT2D eigenvalue weighted by Gasteiger charge is -2.33. The maximum atomic E-state index is 12.0. The summed E-state index contributed by atoms with van der Waals surface area (Å²) in [6.07, 6.45) is 1.33. The summed E-state index contributed by atoms with van der Waals surface area (Å²) in [6.45, 7) is 3.89. The largest absolute Gasteiger partial charge is 0.480 e. The number of carbonyl (C=O) groups excluding carboxylic acids is 2. The smallest absolute Gasteiger partial charge is 0.328 e. The fourth-order valence-corrected chi connectivity index (χ4v) is 2.23. The number of nitrogens with zero attached hydrogens (tertiary/aromatic N) is 1. The molecule has 20 heavy (non-hydrogen) atoms. The number of likely N-dealkylation sites (tertiary alicyclic amines) is 1. The van der Waals surface area contributed by atoms with Crippen LogP contribution in [0.15, 0.2) is 0 Å². The summed E-state index contributed by atoms with van der Waals surface area (Å²) in [5.41, 5.74) is 0. The second-order valence-electron chi connectivity index (χ2n) is 5.36. The standard InChI is InChI=1S/C13H22N2O5/c1-8(2)12(18)15-5-3-4-9(6-15)11(17)14-10(7-16)13(19)20/h8-10,16H,3-7H2,1-2H3,(H,14,17)(H,19,20). The molecule has 0 saturated carbocycles. The minimum atomic E-state index is -1.29. The first-order chi connectivity index (χ1) is 9.36. The summed E-state index contributed by atoms with van der Waals surface area (Å²) in [5.74, 6) is -2.24. The number of carbonyl (C=O) groups is 3. The van der Waals surface area contributed by atoms with Crippen molar-refractivity contribution in [3.8, 4) is 0 Å². The van der Waals surface area contributed by atoms with E-state index in [1.165, 1.54) is 0 Å². The van der Waals surface area contributed by atoms with Gasteiger partial charge in [-0.2, -0.15) is 0 Å². The molecular formula is C13H22N2O5. The van der Waals surface area contributed by atoms with Crippen LogP contribution in [0.25, 0.3) is 0 Å². The number of piperidine rings is 1. The number of hydrogen-bond acceptors (Lipinski definition) is 4. The Morgan fingerprint density at radius 2 is 2.00 bits per heavy atom. The highest BCUT2D eigenvalue weighted by molar-refractivity contribution is 5.86. The van der Waals surface area contributed by atoms with Gasteiger partial charge in [-0.1, -0.05) is 13.8 Å². The zero-order chi connectivity index (χ0) is 15.3. The molecule has 1 rings (SSSR count). The van der Waals surface area contributed by atoms with E-state index in [9.17, 15) is 14.4 Å². The predicted molar refractivity (Wildman–Crippen MR) is 70.8 cm³/mol. The molecule has 3 N–H and O–H groups in total. The van der Waals surface area contributed by atoms with Crippen LogP contribution in [0.5, 0.6) is 0 Å². The molecule has 0 aliphatic carbocycles. The van der Waals surface area contributed by atoms with Crippen molar-refractivity contribution in [2.24, 2.45) is 11.8 Å². The molecule has 0 radical (unpaired) electrons. The second-order valence-corrected chi connectivity index (χ2v) is 5.36. The molecular weight excluding hydrogens is 264 g/mol. The number of carboxylic acids is 1. The van der Waals surface area contributed by atoms with Gasteiger partial charge in [-0.15, -0.1) is 0 Å². The molecule has 2 unspecified atom stereocenters. The van der Waals surface area contributed by atoms with E-state index in [0.29, 0.717) is 25.9 Å². The van der Waals surface area contributed by atoms with Crippen LogP contribution in [0.4, 0.5) is 0 Å². The number of carboxylic acid groups (broad SMARTS) is 1. The molecule has 0 aromatic heterocycles. The van der Waals surface area contributed by atoms with E-state index < -0.39 is 30.4 Å². The quantitative estimate of drug-likeness (QED) is 0.628. The number of rotatable bonds is 5. The molecule has 0 spiro atoms. The van der Waals surface area contributed by atoms with Gasteiger partial charge >= 0.3 is 5.97 Å². The van der Waals surface area contributed by atoms with Crippen molar-refractivity contribution in [3.05, 3.63) is 0 Å². The van der Waals surface area contributed by atoms with E-state index in [-0.39, 0.29) is 11.8 Å². The van der Waals surface area contributed by atoms with Crippen LogP contribution >= 0.6 is 0 Å². The number of aliphatic hydroxyl groups is 1. The van der Waals surface area contributed by atoms with Gasteiger partial charge in [0, 0.05) is 19.0 Å². The van der Waals surface area contributed by atoms with Crippen molar-refractivity contribution >= 4 is 17.8 Å². The molecule has 0 bridgehead atoms. The first kappa shape index (κ1) is 16.4. The summed E-state index contributed by atoms with van der Waals surface area (Å²) >= 11 is 0. The topological polar surface area (TPSA) is 107 Å². The number of aliphatic hydroxyl groups excluding tert-OH is 1. The van der Waals surface area contributed by atoms with Gasteiger partial charge < -0.3 is 20.4 Å². The van der Waals surface area contributed by atoms with E-state index >= 15 is 0 Å². The first-order valence-electron chi connectivity index (χ1n) is 6.79. The molecule has 7 nitrogen and oxygen atoms in total. The predicted octanol–water partition coefficient (Wildman–Crippen LogP) is -0.557. The van der Waals surface area contributed by atoms with Gasteiger partial charge in [0.2, 0.25) is 11.8 Å². The highest BCUT2D eigenvalue weighted by Crippen LogP contribution is 2.18. The Bertz CT molecular complexity index is 383. The van der Waals surface area contributed by atoms with Crippen molar-refractivity contribution in [1.29, 1.82) is 0 Å². The summed E-state index contributed by atoms with van der Waals surface area (Å²) in [4.78, 5) is 36.3. The minimum absolute atomic E-state index is 0.000516. The zero-order valence-electron chi connectivity index (χ0n) is 11.8. The SMILES string of the molecule is CC(C)C(=O)N1CCCC(C(=O)NC(CO)C(=O)O)C1. The van der Waals surface area contributed by atoms with E-state index in [1.807, 2.05) is 0 Å². The normalized spacial score (nSPS) is 20.6. The van der Waals surface area contributed by atoms with Crippen molar-refractivity contribution in [3.63, 3.8) is 0 Å². The highest BCUT2D eigenvalue weighted by atomic mass is 16.4. The molecule has 2 amide bonds. The van der Waals surface area contributed by atoms with Crippen molar-refractivity contribution in [2.45, 2.75) is 32.7 Å². The molecule has 1 saturated heterocycles. The second kappa shape index (κ2) is 7.23. The zero-order valence-corrected chi connectivity index (χ0v) is 11.8. The van der Waals surface area contributed by atoms with Crippen molar-refractivity contribution in [1.82, 2.24) is 10.2 Å². The molecule has 0 aromatic carbocycles. The average Bonchev–Trinajstić information content (AvgIpc) is 2.43. The monoisotopic (exact) mass is 286 g/mol. The third kappa shape index (κ3) is 4.19. The Morgan fingerprint density at radius 3 is 2.50 bits per heavy atom. The molecule has 1 aliphatic heterocycles. The van der Waals surface area contributed by atoms with Crippen LogP contribution in [0, 0.1) is 11.8 Å². The number of nitrogens with one attached hydrogen (secondary N) is 1. The highest BCUT2D eigenvalue weighted by Gasteiger charge is 2.31. The maximum absolute atomic E-state index is 12.0. The molecule has 7 heteroatoms. The number of aliphatic carboxylic acids is 1. The van der Waals surface area contributed by atoms with Gasteiger partial charge in [-0.25, -0.2) is 4.79 Å². The molecule has 1 fully saturated rings. The van der Waals surface area contributed by atoms with Crippen molar-refractivity contribution < 1.29 is 24.6 Å². The van der Waals surface area contributed by atoms with E-state index in [1.54, 1.807) is 18.7 Å². The van der Waals surface area contributed by atoms with Crippen LogP contribution < -0.4 is 5.32 Å². The minimum Gasteiger partial charge on any atom is -0.480 e. The summed E-state index contributed by atoms with van der Waals surface area (Å²) in [6, 6.07) is -1.29. The first-order valence-corrected chi connectivity index (χ1v) is 6.79. The molecule has 114 valence electrons. The summed E-state index contributed by atoms with van der Waals surface area (Å²) in [7, 11) is 0. The van der Waals surface area contributed by atoms with E-state index in [2.05, 4.69) is 5.32 Å². The van der Waals surface area contributed by atoms with Gasteiger partial charge in [0.05, 0.1) is 12.5 Å². The Hall–Kier alpha value is -1.63. The van der Waals surface area contributed by atoms with Crippen LogP contribution in [-0.2, 0) is 14.4 Å². The summed E-state index contributed by atoms with van der Waals surface area (Å²) in [5, 5.41) is 20.0. The lowest BCUT2D eigenvalue weighted by Crippen LogP contribution is -2.51. The van der Waals surface area contributed by atoms with E-state index in [0.717, 1.165) is 0 Å². The number of hydrogen-bond donors (Lipinski definition) is 3. The lowest BCUT2D eigenvalue weighted by atomic mass is 9.96. The van der Waals surface area contributed by atoms with Gasteiger partial charge in [0.1, 0.15) is 6.04 Å². The lowest BCUT2D eigenvalue weighted by molar-refractivity contribution is -0.145. The average molecular weight is 286 g/mol.